The molecule has 0 spiro atoms. The van der Waals surface area contributed by atoms with E-state index in [-0.39, 0.29) is 15.7 Å². The molecule has 144 valence electrons. The van der Waals surface area contributed by atoms with Crippen molar-refractivity contribution in [3.05, 3.63) is 41.0 Å². The molecular formula is C22H31O3S-. The average Bonchev–Trinajstić information content (AvgIpc) is 2.40. The van der Waals surface area contributed by atoms with Crippen LogP contribution in [0.1, 0.15) is 79.0 Å². The topological polar surface area (TPSA) is 57.2 Å². The molecule has 0 aromatic heterocycles. The maximum atomic E-state index is 12.4. The molecule has 2 aromatic rings. The fourth-order valence-electron chi connectivity index (χ4n) is 3.91. The summed E-state index contributed by atoms with van der Waals surface area (Å²) in [5.74, 6) is 0. The highest BCUT2D eigenvalue weighted by Crippen LogP contribution is 2.48. The van der Waals surface area contributed by atoms with Crippen molar-refractivity contribution in [3.8, 4) is 0 Å². The lowest BCUT2D eigenvalue weighted by Crippen LogP contribution is -2.30. The van der Waals surface area contributed by atoms with E-state index in [0.29, 0.717) is 10.9 Å². The van der Waals surface area contributed by atoms with Gasteiger partial charge in [-0.2, -0.15) is 0 Å². The third-order valence-corrected chi connectivity index (χ3v) is 5.59. The Morgan fingerprint density at radius 2 is 1.04 bits per heavy atom. The SMILES string of the molecule is CC(C)(C)c1c(C(C)(C)C)c(S(=O)(=O)[O-])c2ccccc2c1C(C)(C)C. The van der Waals surface area contributed by atoms with Crippen LogP contribution in [0.4, 0.5) is 0 Å². The molecule has 3 nitrogen and oxygen atoms in total. The highest BCUT2D eigenvalue weighted by molar-refractivity contribution is 7.86. The minimum atomic E-state index is -4.64. The second-order valence-corrected chi connectivity index (χ2v) is 11.5. The lowest BCUT2D eigenvalue weighted by molar-refractivity contribution is 0.453. The molecule has 0 bridgehead atoms. The van der Waals surface area contributed by atoms with E-state index in [1.54, 1.807) is 12.1 Å². The lowest BCUT2D eigenvalue weighted by atomic mass is 9.67. The van der Waals surface area contributed by atoms with Crippen LogP contribution in [0.15, 0.2) is 29.2 Å². The Balaban J connectivity index is 3.40. The van der Waals surface area contributed by atoms with Gasteiger partial charge in [-0.3, -0.25) is 0 Å². The summed E-state index contributed by atoms with van der Waals surface area (Å²) in [7, 11) is -4.64. The van der Waals surface area contributed by atoms with E-state index < -0.39 is 15.5 Å². The third kappa shape index (κ3) is 3.67. The highest BCUT2D eigenvalue weighted by atomic mass is 32.2. The monoisotopic (exact) mass is 375 g/mol. The predicted molar refractivity (Wildman–Crippen MR) is 108 cm³/mol. The van der Waals surface area contributed by atoms with Gasteiger partial charge in [0.05, 0.1) is 4.90 Å². The van der Waals surface area contributed by atoms with Gasteiger partial charge in [0, 0.05) is 0 Å². The summed E-state index contributed by atoms with van der Waals surface area (Å²) in [6, 6.07) is 7.40. The number of hydrogen-bond donors (Lipinski definition) is 0. The van der Waals surface area contributed by atoms with E-state index in [4.69, 9.17) is 0 Å². The zero-order valence-corrected chi connectivity index (χ0v) is 18.3. The van der Waals surface area contributed by atoms with Gasteiger partial charge in [0.15, 0.2) is 0 Å². The molecular weight excluding hydrogens is 344 g/mol. The molecule has 2 aromatic carbocycles. The molecule has 0 unspecified atom stereocenters. The van der Waals surface area contributed by atoms with Crippen molar-refractivity contribution in [1.29, 1.82) is 0 Å². The van der Waals surface area contributed by atoms with Gasteiger partial charge in [0.25, 0.3) is 0 Å². The molecule has 0 saturated heterocycles. The smallest absolute Gasteiger partial charge is 0.125 e. The molecule has 4 heteroatoms. The van der Waals surface area contributed by atoms with E-state index in [0.717, 1.165) is 16.5 Å². The molecule has 0 aliphatic carbocycles. The van der Waals surface area contributed by atoms with Gasteiger partial charge in [0.2, 0.25) is 0 Å². The Hall–Kier alpha value is -1.39. The molecule has 0 aliphatic rings. The molecule has 0 N–H and O–H groups in total. The van der Waals surface area contributed by atoms with E-state index in [2.05, 4.69) is 41.5 Å². The number of hydrogen-bond acceptors (Lipinski definition) is 3. The molecule has 0 atom stereocenters. The van der Waals surface area contributed by atoms with Crippen LogP contribution in [0.5, 0.6) is 0 Å². The Morgan fingerprint density at radius 3 is 1.38 bits per heavy atom. The molecule has 2 rings (SSSR count). The summed E-state index contributed by atoms with van der Waals surface area (Å²) in [5.41, 5.74) is 1.76. The van der Waals surface area contributed by atoms with Gasteiger partial charge < -0.3 is 4.55 Å². The minimum Gasteiger partial charge on any atom is -0.744 e. The van der Waals surface area contributed by atoms with E-state index >= 15 is 0 Å². The van der Waals surface area contributed by atoms with Crippen LogP contribution >= 0.6 is 0 Å². The number of rotatable bonds is 1. The first-order valence-electron chi connectivity index (χ1n) is 9.03. The molecule has 0 radical (unpaired) electrons. The molecule has 0 aliphatic heterocycles. The first-order chi connectivity index (χ1) is 11.5. The van der Waals surface area contributed by atoms with Crippen LogP contribution in [0.25, 0.3) is 10.8 Å². The van der Waals surface area contributed by atoms with Crippen molar-refractivity contribution < 1.29 is 13.0 Å². The zero-order valence-electron chi connectivity index (χ0n) is 17.4. The first kappa shape index (κ1) is 20.9. The van der Waals surface area contributed by atoms with Crippen molar-refractivity contribution in [2.75, 3.05) is 0 Å². The highest BCUT2D eigenvalue weighted by Gasteiger charge is 2.37. The van der Waals surface area contributed by atoms with Crippen LogP contribution in [-0.4, -0.2) is 13.0 Å². The zero-order chi connectivity index (χ0) is 20.3. The van der Waals surface area contributed by atoms with Gasteiger partial charge in [-0.25, -0.2) is 8.42 Å². The summed E-state index contributed by atoms with van der Waals surface area (Å²) < 4.78 is 37.2. The van der Waals surface area contributed by atoms with Crippen molar-refractivity contribution in [2.24, 2.45) is 0 Å². The first-order valence-corrected chi connectivity index (χ1v) is 10.4. The molecule has 0 fully saturated rings. The third-order valence-electron chi connectivity index (χ3n) is 4.67. The second kappa shape index (κ2) is 6.07. The average molecular weight is 376 g/mol. The maximum Gasteiger partial charge on any atom is 0.125 e. The van der Waals surface area contributed by atoms with Gasteiger partial charge in [-0.15, -0.1) is 0 Å². The standard InChI is InChI=1S/C22H32O3S/c1-20(2,3)16-14-12-10-11-13-15(14)19(26(23,24)25)18(22(7,8)9)17(16)21(4,5)6/h10-13H,1-9H3,(H,23,24,25)/p-1. The quantitative estimate of drug-likeness (QED) is 0.606. The van der Waals surface area contributed by atoms with E-state index in [1.165, 1.54) is 0 Å². The van der Waals surface area contributed by atoms with Crippen molar-refractivity contribution in [1.82, 2.24) is 0 Å². The summed E-state index contributed by atoms with van der Waals surface area (Å²) in [6.45, 7) is 18.6. The molecule has 26 heavy (non-hydrogen) atoms. The number of fused-ring (bicyclic) bond motifs is 1. The summed E-state index contributed by atoms with van der Waals surface area (Å²) in [4.78, 5) is -0.0569. The Bertz CT molecular complexity index is 948. The van der Waals surface area contributed by atoms with Crippen molar-refractivity contribution >= 4 is 20.9 Å². The minimum absolute atomic E-state index is 0.0569. The van der Waals surface area contributed by atoms with Crippen LogP contribution in [0, 0.1) is 0 Å². The van der Waals surface area contributed by atoms with Gasteiger partial charge in [-0.1, -0.05) is 86.6 Å². The Kier molecular flexibility index (Phi) is 4.88. The molecule has 0 saturated carbocycles. The van der Waals surface area contributed by atoms with E-state index in [9.17, 15) is 13.0 Å². The van der Waals surface area contributed by atoms with Crippen molar-refractivity contribution in [2.45, 2.75) is 83.5 Å². The van der Waals surface area contributed by atoms with Gasteiger partial charge in [-0.05, 0) is 43.7 Å². The normalized spacial score (nSPS) is 14.1. The van der Waals surface area contributed by atoms with Crippen molar-refractivity contribution in [3.63, 3.8) is 0 Å². The fraction of sp³-hybridized carbons (Fsp3) is 0.545. The predicted octanol–water partition coefficient (Wildman–Crippen LogP) is 5.64. The maximum absolute atomic E-state index is 12.4. The summed E-state index contributed by atoms with van der Waals surface area (Å²) >= 11 is 0. The summed E-state index contributed by atoms with van der Waals surface area (Å²) in [5, 5.41) is 1.39. The van der Waals surface area contributed by atoms with E-state index in [1.807, 2.05) is 32.9 Å². The van der Waals surface area contributed by atoms with Gasteiger partial charge >= 0.3 is 0 Å². The van der Waals surface area contributed by atoms with Crippen LogP contribution in [-0.2, 0) is 26.4 Å². The van der Waals surface area contributed by atoms with Crippen LogP contribution in [0.3, 0.4) is 0 Å². The fourth-order valence-corrected chi connectivity index (χ4v) is 5.02. The largest absolute Gasteiger partial charge is 0.744 e. The molecule has 0 amide bonds. The Morgan fingerprint density at radius 1 is 0.654 bits per heavy atom. The summed E-state index contributed by atoms with van der Waals surface area (Å²) in [6.07, 6.45) is 0. The lowest BCUT2D eigenvalue weighted by Gasteiger charge is -2.39. The van der Waals surface area contributed by atoms with Crippen LogP contribution in [0.2, 0.25) is 0 Å². The Labute approximate surface area is 158 Å². The number of benzene rings is 2. The molecule has 0 heterocycles. The second-order valence-electron chi connectivity index (χ2n) is 10.2. The van der Waals surface area contributed by atoms with Gasteiger partial charge in [0.1, 0.15) is 10.1 Å². The van der Waals surface area contributed by atoms with Crippen LogP contribution < -0.4 is 0 Å².